The fourth-order valence-corrected chi connectivity index (χ4v) is 2.20. The van der Waals surface area contributed by atoms with Gasteiger partial charge in [-0.05, 0) is 28.8 Å². The number of nitrogens with one attached hydrogen (secondary N) is 1. The summed E-state index contributed by atoms with van der Waals surface area (Å²) in [6.07, 6.45) is 0. The van der Waals surface area contributed by atoms with Crippen LogP contribution in [0.15, 0.2) is 52.1 Å². The second-order valence-electron chi connectivity index (χ2n) is 4.03. The summed E-state index contributed by atoms with van der Waals surface area (Å²) >= 11 is 0. The molecule has 1 aromatic heterocycles. The summed E-state index contributed by atoms with van der Waals surface area (Å²) in [6, 6.07) is 13.0. The Balaban J connectivity index is 2.16. The second kappa shape index (κ2) is 4.15. The van der Waals surface area contributed by atoms with Gasteiger partial charge in [0.15, 0.2) is 0 Å². The molecule has 1 heterocycles. The summed E-state index contributed by atoms with van der Waals surface area (Å²) in [5.74, 6) is 0. The van der Waals surface area contributed by atoms with Crippen LogP contribution in [0.1, 0.15) is 0 Å². The van der Waals surface area contributed by atoms with Crippen molar-refractivity contribution in [1.29, 1.82) is 0 Å². The average Bonchev–Trinajstić information content (AvgIpc) is 2.73. The zero-order valence-electron chi connectivity index (χ0n) is 9.61. The van der Waals surface area contributed by atoms with E-state index in [1.54, 1.807) is 12.1 Å². The maximum atomic E-state index is 10.5. The molecule has 6 nitrogen and oxygen atoms in total. The SMILES string of the molecule is O=S(=O)(O)N=Nc1ccc2c(c1)[nH]c1ccccc12. The zero-order valence-corrected chi connectivity index (χ0v) is 10.4. The van der Waals surface area contributed by atoms with E-state index in [1.807, 2.05) is 30.3 Å². The van der Waals surface area contributed by atoms with E-state index in [9.17, 15) is 8.42 Å². The highest BCUT2D eigenvalue weighted by atomic mass is 32.2. The van der Waals surface area contributed by atoms with Gasteiger partial charge in [0.05, 0.1) is 5.69 Å². The molecule has 2 N–H and O–H groups in total. The smallest absolute Gasteiger partial charge is 0.354 e. The van der Waals surface area contributed by atoms with Gasteiger partial charge < -0.3 is 4.98 Å². The first-order valence-electron chi connectivity index (χ1n) is 5.44. The van der Waals surface area contributed by atoms with E-state index < -0.39 is 10.3 Å². The molecule has 0 radical (unpaired) electrons. The summed E-state index contributed by atoms with van der Waals surface area (Å²) in [5, 5.41) is 5.56. The lowest BCUT2D eigenvalue weighted by molar-refractivity contribution is 0.482. The molecule has 0 amide bonds. The first kappa shape index (κ1) is 11.8. The number of para-hydroxylation sites is 1. The van der Waals surface area contributed by atoms with Crippen LogP contribution in [-0.2, 0) is 10.3 Å². The molecule has 0 unspecified atom stereocenters. The molecule has 0 aliphatic rings. The van der Waals surface area contributed by atoms with Crippen molar-refractivity contribution >= 4 is 37.8 Å². The summed E-state index contributed by atoms with van der Waals surface area (Å²) < 4.78 is 32.3. The van der Waals surface area contributed by atoms with Crippen LogP contribution in [-0.4, -0.2) is 18.0 Å². The first-order chi connectivity index (χ1) is 9.03. The fourth-order valence-electron chi connectivity index (χ4n) is 2.00. The van der Waals surface area contributed by atoms with Gasteiger partial charge >= 0.3 is 10.3 Å². The lowest BCUT2D eigenvalue weighted by Gasteiger charge is -1.93. The van der Waals surface area contributed by atoms with Crippen LogP contribution in [0.25, 0.3) is 21.8 Å². The highest BCUT2D eigenvalue weighted by Crippen LogP contribution is 2.28. The molecule has 0 spiro atoms. The molecule has 0 saturated heterocycles. The van der Waals surface area contributed by atoms with Crippen molar-refractivity contribution in [2.24, 2.45) is 9.63 Å². The number of rotatable bonds is 2. The predicted molar refractivity (Wildman–Crippen MR) is 71.9 cm³/mol. The van der Waals surface area contributed by atoms with Gasteiger partial charge in [0.1, 0.15) is 0 Å². The molecule has 96 valence electrons. The molecule has 7 heteroatoms. The van der Waals surface area contributed by atoms with E-state index in [-0.39, 0.29) is 0 Å². The van der Waals surface area contributed by atoms with E-state index in [4.69, 9.17) is 4.55 Å². The van der Waals surface area contributed by atoms with Gasteiger partial charge in [-0.2, -0.15) is 8.42 Å². The number of benzene rings is 2. The van der Waals surface area contributed by atoms with E-state index >= 15 is 0 Å². The Morgan fingerprint density at radius 3 is 2.53 bits per heavy atom. The zero-order chi connectivity index (χ0) is 13.5. The van der Waals surface area contributed by atoms with E-state index in [1.165, 1.54) is 0 Å². The molecule has 19 heavy (non-hydrogen) atoms. The molecule has 0 aliphatic carbocycles. The fraction of sp³-hybridized carbons (Fsp3) is 0. The average molecular weight is 275 g/mol. The van der Waals surface area contributed by atoms with Gasteiger partial charge in [0.25, 0.3) is 0 Å². The third-order valence-corrected chi connectivity index (χ3v) is 3.04. The third kappa shape index (κ3) is 2.33. The highest BCUT2D eigenvalue weighted by Gasteiger charge is 2.04. The standard InChI is InChI=1S/C12H9N3O3S/c16-19(17,18)15-14-8-5-6-10-9-3-1-2-4-11(9)13-12(10)7-8/h1-7,13H,(H,16,17,18). The van der Waals surface area contributed by atoms with Gasteiger partial charge in [0, 0.05) is 21.8 Å². The van der Waals surface area contributed by atoms with E-state index in [2.05, 4.69) is 14.6 Å². The Morgan fingerprint density at radius 2 is 1.74 bits per heavy atom. The second-order valence-corrected chi connectivity index (χ2v) is 5.09. The van der Waals surface area contributed by atoms with Crippen molar-refractivity contribution in [3.05, 3.63) is 42.5 Å². The van der Waals surface area contributed by atoms with E-state index in [0.29, 0.717) is 5.69 Å². The minimum atomic E-state index is -4.45. The van der Waals surface area contributed by atoms with Crippen LogP contribution in [0, 0.1) is 0 Å². The molecule has 0 bridgehead atoms. The van der Waals surface area contributed by atoms with Crippen molar-refractivity contribution in [2.75, 3.05) is 0 Å². The Bertz CT molecular complexity index is 897. The maximum absolute atomic E-state index is 10.5. The lowest BCUT2D eigenvalue weighted by atomic mass is 10.1. The minimum Gasteiger partial charge on any atom is -0.354 e. The highest BCUT2D eigenvalue weighted by molar-refractivity contribution is 7.84. The van der Waals surface area contributed by atoms with Crippen LogP contribution in [0.3, 0.4) is 0 Å². The van der Waals surface area contributed by atoms with Crippen LogP contribution in [0.2, 0.25) is 0 Å². The van der Waals surface area contributed by atoms with Crippen molar-refractivity contribution in [3.63, 3.8) is 0 Å². The number of fused-ring (bicyclic) bond motifs is 3. The van der Waals surface area contributed by atoms with Gasteiger partial charge in [-0.1, -0.05) is 18.2 Å². The first-order valence-corrected chi connectivity index (χ1v) is 6.83. The van der Waals surface area contributed by atoms with Gasteiger partial charge in [-0.15, -0.1) is 5.11 Å². The quantitative estimate of drug-likeness (QED) is 0.555. The van der Waals surface area contributed by atoms with Crippen molar-refractivity contribution < 1.29 is 13.0 Å². The number of aromatic amines is 1. The van der Waals surface area contributed by atoms with E-state index in [0.717, 1.165) is 21.8 Å². The maximum Gasteiger partial charge on any atom is 0.396 e. The normalized spacial score (nSPS) is 12.7. The molecular weight excluding hydrogens is 266 g/mol. The number of nitrogens with zero attached hydrogens (tertiary/aromatic N) is 2. The number of H-pyrrole nitrogens is 1. The summed E-state index contributed by atoms with van der Waals surface area (Å²) in [6.45, 7) is 0. The molecule has 3 rings (SSSR count). The Morgan fingerprint density at radius 1 is 1.00 bits per heavy atom. The number of hydrogen-bond acceptors (Lipinski definition) is 3. The number of aromatic nitrogens is 1. The molecule has 0 aliphatic heterocycles. The predicted octanol–water partition coefficient (Wildman–Crippen LogP) is 3.21. The molecule has 0 saturated carbocycles. The summed E-state index contributed by atoms with van der Waals surface area (Å²) in [4.78, 5) is 3.20. The van der Waals surface area contributed by atoms with Crippen LogP contribution >= 0.6 is 0 Å². The summed E-state index contributed by atoms with van der Waals surface area (Å²) in [7, 11) is -4.45. The topological polar surface area (TPSA) is 94.9 Å². The molecule has 0 fully saturated rings. The molecule has 2 aromatic carbocycles. The third-order valence-electron chi connectivity index (χ3n) is 2.75. The Hall–Kier alpha value is -2.25. The number of hydrogen-bond donors (Lipinski definition) is 2. The minimum absolute atomic E-state index is 0.344. The molecule has 0 atom stereocenters. The Labute approximate surface area is 108 Å². The van der Waals surface area contributed by atoms with Gasteiger partial charge in [0.2, 0.25) is 0 Å². The largest absolute Gasteiger partial charge is 0.396 e. The molecular formula is C12H9N3O3S. The Kier molecular flexibility index (Phi) is 2.58. The lowest BCUT2D eigenvalue weighted by Crippen LogP contribution is -1.87. The van der Waals surface area contributed by atoms with Crippen molar-refractivity contribution in [3.8, 4) is 0 Å². The van der Waals surface area contributed by atoms with Crippen molar-refractivity contribution in [1.82, 2.24) is 4.98 Å². The van der Waals surface area contributed by atoms with Gasteiger partial charge in [-0.3, -0.25) is 4.55 Å². The van der Waals surface area contributed by atoms with Crippen molar-refractivity contribution in [2.45, 2.75) is 0 Å². The summed E-state index contributed by atoms with van der Waals surface area (Å²) in [5.41, 5.74) is 2.16. The molecule has 3 aromatic rings. The van der Waals surface area contributed by atoms with Crippen LogP contribution in [0.5, 0.6) is 0 Å². The monoisotopic (exact) mass is 275 g/mol. The van der Waals surface area contributed by atoms with Crippen LogP contribution < -0.4 is 0 Å². The van der Waals surface area contributed by atoms with Crippen LogP contribution in [0.4, 0.5) is 5.69 Å². The van der Waals surface area contributed by atoms with Gasteiger partial charge in [-0.25, -0.2) is 0 Å².